The van der Waals surface area contributed by atoms with Gasteiger partial charge in [-0.3, -0.25) is 4.79 Å². The second kappa shape index (κ2) is 4.97. The van der Waals surface area contributed by atoms with Gasteiger partial charge in [0.2, 0.25) is 5.91 Å². The average molecular weight is 268 g/mol. The van der Waals surface area contributed by atoms with Crippen LogP contribution in [0.4, 0.5) is 4.79 Å². The van der Waals surface area contributed by atoms with Gasteiger partial charge in [-0.2, -0.15) is 0 Å². The maximum atomic E-state index is 12.4. The quantitative estimate of drug-likeness (QED) is 0.571. The summed E-state index contributed by atoms with van der Waals surface area (Å²) in [5.41, 5.74) is -0.396. The molecule has 0 aromatic heterocycles. The van der Waals surface area contributed by atoms with E-state index in [4.69, 9.17) is 4.74 Å². The SMILES string of the molecule is O=C1NCCN1CCNC(=O)[C@]12CNC[C@H]1COC2. The van der Waals surface area contributed by atoms with Crippen LogP contribution in [-0.2, 0) is 9.53 Å². The highest BCUT2D eigenvalue weighted by molar-refractivity contribution is 5.84. The Bertz CT molecular complexity index is 377. The molecule has 3 heterocycles. The molecule has 0 aromatic rings. The van der Waals surface area contributed by atoms with Crippen molar-refractivity contribution in [2.45, 2.75) is 0 Å². The summed E-state index contributed by atoms with van der Waals surface area (Å²) in [7, 11) is 0. The maximum absolute atomic E-state index is 12.4. The number of urea groups is 1. The van der Waals surface area contributed by atoms with E-state index in [0.717, 1.165) is 6.54 Å². The Kier molecular flexibility index (Phi) is 3.32. The zero-order valence-corrected chi connectivity index (χ0v) is 10.9. The van der Waals surface area contributed by atoms with Crippen molar-refractivity contribution >= 4 is 11.9 Å². The topological polar surface area (TPSA) is 82.7 Å². The summed E-state index contributed by atoms with van der Waals surface area (Å²) in [4.78, 5) is 25.4. The molecule has 3 aliphatic heterocycles. The van der Waals surface area contributed by atoms with Gasteiger partial charge < -0.3 is 25.6 Å². The number of nitrogens with one attached hydrogen (secondary N) is 3. The van der Waals surface area contributed by atoms with Crippen molar-refractivity contribution in [1.82, 2.24) is 20.9 Å². The highest BCUT2D eigenvalue weighted by atomic mass is 16.5. The number of nitrogens with zero attached hydrogens (tertiary/aromatic N) is 1. The van der Waals surface area contributed by atoms with E-state index in [1.165, 1.54) is 0 Å². The van der Waals surface area contributed by atoms with E-state index in [0.29, 0.717) is 45.9 Å². The molecule has 0 radical (unpaired) electrons. The molecule has 0 saturated carbocycles. The van der Waals surface area contributed by atoms with Crippen molar-refractivity contribution in [2.75, 3.05) is 52.5 Å². The minimum atomic E-state index is -0.396. The largest absolute Gasteiger partial charge is 0.380 e. The zero-order valence-electron chi connectivity index (χ0n) is 10.9. The molecular weight excluding hydrogens is 248 g/mol. The van der Waals surface area contributed by atoms with Gasteiger partial charge in [0.05, 0.1) is 18.6 Å². The molecule has 3 saturated heterocycles. The molecule has 3 aliphatic rings. The van der Waals surface area contributed by atoms with Crippen molar-refractivity contribution < 1.29 is 14.3 Å². The monoisotopic (exact) mass is 268 g/mol. The minimum absolute atomic E-state index is 0.0444. The van der Waals surface area contributed by atoms with Crippen LogP contribution in [0.2, 0.25) is 0 Å². The van der Waals surface area contributed by atoms with Crippen LogP contribution in [0.1, 0.15) is 0 Å². The first kappa shape index (κ1) is 12.7. The van der Waals surface area contributed by atoms with Crippen molar-refractivity contribution in [3.8, 4) is 0 Å². The van der Waals surface area contributed by atoms with E-state index in [1.807, 2.05) is 0 Å². The van der Waals surface area contributed by atoms with Gasteiger partial charge >= 0.3 is 6.03 Å². The Morgan fingerprint density at radius 3 is 3.26 bits per heavy atom. The summed E-state index contributed by atoms with van der Waals surface area (Å²) in [6.45, 7) is 5.17. The number of rotatable bonds is 4. The van der Waals surface area contributed by atoms with Gasteiger partial charge in [0.25, 0.3) is 0 Å². The summed E-state index contributed by atoms with van der Waals surface area (Å²) >= 11 is 0. The lowest BCUT2D eigenvalue weighted by atomic mass is 9.80. The molecule has 3 fully saturated rings. The average Bonchev–Trinajstić information content (AvgIpc) is 3.04. The molecule has 0 spiro atoms. The molecule has 3 rings (SSSR count). The first-order chi connectivity index (χ1) is 9.22. The number of fused-ring (bicyclic) bond motifs is 1. The molecule has 0 aliphatic carbocycles. The van der Waals surface area contributed by atoms with Crippen LogP contribution in [-0.4, -0.2) is 69.3 Å². The summed E-state index contributed by atoms with van der Waals surface area (Å²) < 4.78 is 5.46. The fraction of sp³-hybridized carbons (Fsp3) is 0.833. The lowest BCUT2D eigenvalue weighted by Gasteiger charge is -2.25. The Labute approximate surface area is 112 Å². The van der Waals surface area contributed by atoms with E-state index < -0.39 is 5.41 Å². The number of carbonyl (C=O) groups is 2. The van der Waals surface area contributed by atoms with E-state index in [-0.39, 0.29) is 17.9 Å². The van der Waals surface area contributed by atoms with Crippen molar-refractivity contribution in [3.05, 3.63) is 0 Å². The van der Waals surface area contributed by atoms with Crippen LogP contribution in [0.5, 0.6) is 0 Å². The molecule has 3 amide bonds. The van der Waals surface area contributed by atoms with Crippen LogP contribution in [0.15, 0.2) is 0 Å². The van der Waals surface area contributed by atoms with E-state index >= 15 is 0 Å². The van der Waals surface area contributed by atoms with Crippen LogP contribution < -0.4 is 16.0 Å². The fourth-order valence-corrected chi connectivity index (χ4v) is 3.12. The third kappa shape index (κ3) is 2.17. The van der Waals surface area contributed by atoms with Gasteiger partial charge in [-0.1, -0.05) is 0 Å². The molecule has 106 valence electrons. The molecule has 0 aromatic carbocycles. The summed E-state index contributed by atoms with van der Waals surface area (Å²) in [6, 6.07) is -0.0444. The number of ether oxygens (including phenoxy) is 1. The Hall–Kier alpha value is -1.34. The predicted molar refractivity (Wildman–Crippen MR) is 67.6 cm³/mol. The number of hydrogen-bond donors (Lipinski definition) is 3. The maximum Gasteiger partial charge on any atom is 0.317 e. The Morgan fingerprint density at radius 2 is 2.47 bits per heavy atom. The van der Waals surface area contributed by atoms with Crippen molar-refractivity contribution in [3.63, 3.8) is 0 Å². The van der Waals surface area contributed by atoms with Crippen LogP contribution in [0.25, 0.3) is 0 Å². The number of hydrogen-bond acceptors (Lipinski definition) is 4. The van der Waals surface area contributed by atoms with E-state index in [9.17, 15) is 9.59 Å². The van der Waals surface area contributed by atoms with Gasteiger partial charge in [0.15, 0.2) is 0 Å². The van der Waals surface area contributed by atoms with Crippen molar-refractivity contribution in [2.24, 2.45) is 11.3 Å². The highest BCUT2D eigenvalue weighted by Crippen LogP contribution is 2.37. The molecule has 19 heavy (non-hydrogen) atoms. The van der Waals surface area contributed by atoms with Crippen molar-refractivity contribution in [1.29, 1.82) is 0 Å². The summed E-state index contributed by atoms with van der Waals surface area (Å²) in [6.07, 6.45) is 0. The first-order valence-electron chi connectivity index (χ1n) is 6.82. The molecule has 2 atom stereocenters. The standard InChI is InChI=1S/C12H20N4O3/c17-10(12-7-13-5-9(12)6-19-8-12)14-1-3-16-4-2-15-11(16)18/h9,13H,1-8H2,(H,14,17)(H,15,18)/t9-,12-/m0/s1. The molecule has 0 bridgehead atoms. The van der Waals surface area contributed by atoms with E-state index in [1.54, 1.807) is 4.90 Å². The van der Waals surface area contributed by atoms with Gasteiger partial charge in [-0.25, -0.2) is 4.79 Å². The lowest BCUT2D eigenvalue weighted by Crippen LogP contribution is -2.48. The van der Waals surface area contributed by atoms with Crippen LogP contribution in [0.3, 0.4) is 0 Å². The molecule has 7 heteroatoms. The minimum Gasteiger partial charge on any atom is -0.380 e. The third-order valence-corrected chi connectivity index (χ3v) is 4.36. The molecular formula is C12H20N4O3. The Morgan fingerprint density at radius 1 is 1.58 bits per heavy atom. The second-order valence-corrected chi connectivity index (χ2v) is 5.47. The van der Waals surface area contributed by atoms with Gasteiger partial charge in [0, 0.05) is 45.2 Å². The van der Waals surface area contributed by atoms with Gasteiger partial charge in [-0.15, -0.1) is 0 Å². The molecule has 3 N–H and O–H groups in total. The lowest BCUT2D eigenvalue weighted by molar-refractivity contribution is -0.131. The fourth-order valence-electron chi connectivity index (χ4n) is 3.12. The number of carbonyl (C=O) groups excluding carboxylic acids is 2. The second-order valence-electron chi connectivity index (χ2n) is 5.47. The number of amides is 3. The molecule has 0 unspecified atom stereocenters. The highest BCUT2D eigenvalue weighted by Gasteiger charge is 2.52. The summed E-state index contributed by atoms with van der Waals surface area (Å²) in [5, 5.41) is 8.97. The van der Waals surface area contributed by atoms with Gasteiger partial charge in [0.1, 0.15) is 0 Å². The molecule has 7 nitrogen and oxygen atoms in total. The third-order valence-electron chi connectivity index (χ3n) is 4.36. The van der Waals surface area contributed by atoms with Gasteiger partial charge in [-0.05, 0) is 0 Å². The summed E-state index contributed by atoms with van der Waals surface area (Å²) in [5.74, 6) is 0.335. The predicted octanol–water partition coefficient (Wildman–Crippen LogP) is -1.64. The zero-order chi connectivity index (χ0) is 13.3. The van der Waals surface area contributed by atoms with Crippen LogP contribution >= 0.6 is 0 Å². The first-order valence-corrected chi connectivity index (χ1v) is 6.82. The van der Waals surface area contributed by atoms with Crippen LogP contribution in [0, 0.1) is 11.3 Å². The Balaban J connectivity index is 1.50. The normalized spacial score (nSPS) is 33.4. The smallest absolute Gasteiger partial charge is 0.317 e. The van der Waals surface area contributed by atoms with E-state index in [2.05, 4.69) is 16.0 Å².